The van der Waals surface area contributed by atoms with Crippen LogP contribution in [0.4, 0.5) is 5.69 Å². The van der Waals surface area contributed by atoms with E-state index in [0.29, 0.717) is 10.9 Å². The minimum atomic E-state index is -0.122. The molecule has 7 nitrogen and oxygen atoms in total. The molecule has 5 aromatic rings. The third-order valence-corrected chi connectivity index (χ3v) is 7.16. The van der Waals surface area contributed by atoms with Gasteiger partial charge >= 0.3 is 0 Å². The number of thioether (sulfide) groups is 1. The molecule has 0 saturated carbocycles. The highest BCUT2D eigenvalue weighted by Gasteiger charge is 2.13. The fourth-order valence-corrected chi connectivity index (χ4v) is 5.29. The highest BCUT2D eigenvalue weighted by atomic mass is 32.2. The van der Waals surface area contributed by atoms with E-state index in [1.54, 1.807) is 24.8 Å². The maximum Gasteiger partial charge on any atom is 0.234 e. The van der Waals surface area contributed by atoms with Crippen LogP contribution in [0.3, 0.4) is 0 Å². The summed E-state index contributed by atoms with van der Waals surface area (Å²) in [6, 6.07) is 21.6. The lowest BCUT2D eigenvalue weighted by atomic mass is 10.2. The van der Waals surface area contributed by atoms with Crippen LogP contribution in [0.2, 0.25) is 0 Å². The molecule has 1 N–H and O–H groups in total. The van der Waals surface area contributed by atoms with E-state index in [-0.39, 0.29) is 11.7 Å². The Labute approximate surface area is 204 Å². The van der Waals surface area contributed by atoms with Gasteiger partial charge in [-0.2, -0.15) is 0 Å². The van der Waals surface area contributed by atoms with Crippen molar-refractivity contribution in [3.63, 3.8) is 0 Å². The minimum Gasteiger partial charge on any atom is -0.495 e. The average Bonchev–Trinajstić information content (AvgIpc) is 3.50. The number of aromatic nitrogens is 4. The van der Waals surface area contributed by atoms with E-state index in [0.717, 1.165) is 27.5 Å². The van der Waals surface area contributed by atoms with Gasteiger partial charge in [0.1, 0.15) is 17.1 Å². The Morgan fingerprint density at radius 3 is 2.76 bits per heavy atom. The summed E-state index contributed by atoms with van der Waals surface area (Å²) in [5.41, 5.74) is 4.80. The summed E-state index contributed by atoms with van der Waals surface area (Å²) in [6.45, 7) is 2.08. The average molecular weight is 488 g/mol. The molecule has 0 fully saturated rings. The maximum atomic E-state index is 12.6. The fourth-order valence-electron chi connectivity index (χ4n) is 3.50. The number of nitrogens with zero attached hydrogens (tertiary/aromatic N) is 4. The van der Waals surface area contributed by atoms with Gasteiger partial charge in [-0.3, -0.25) is 9.36 Å². The van der Waals surface area contributed by atoms with Crippen LogP contribution in [0.1, 0.15) is 5.56 Å². The molecule has 0 aliphatic rings. The second-order valence-corrected chi connectivity index (χ2v) is 9.53. The lowest BCUT2D eigenvalue weighted by Crippen LogP contribution is -2.14. The van der Waals surface area contributed by atoms with Crippen LogP contribution >= 0.6 is 23.1 Å². The molecule has 0 radical (unpaired) electrons. The predicted molar refractivity (Wildman–Crippen MR) is 137 cm³/mol. The smallest absolute Gasteiger partial charge is 0.234 e. The molecule has 5 rings (SSSR count). The quantitative estimate of drug-likeness (QED) is 0.301. The molecule has 3 aromatic carbocycles. The zero-order chi connectivity index (χ0) is 23.5. The number of carbonyl (C=O) groups is 1. The first-order valence-corrected chi connectivity index (χ1v) is 12.3. The van der Waals surface area contributed by atoms with Crippen LogP contribution in [0.5, 0.6) is 5.75 Å². The van der Waals surface area contributed by atoms with Crippen molar-refractivity contribution in [2.45, 2.75) is 12.1 Å². The molecule has 9 heteroatoms. The lowest BCUT2D eigenvalue weighted by molar-refractivity contribution is -0.113. The molecular formula is C25H21N5O2S2. The van der Waals surface area contributed by atoms with Crippen LogP contribution in [0.15, 0.2) is 78.2 Å². The Morgan fingerprint density at radius 2 is 1.94 bits per heavy atom. The van der Waals surface area contributed by atoms with E-state index in [9.17, 15) is 4.79 Å². The number of anilines is 1. The normalized spacial score (nSPS) is 11.0. The number of amides is 1. The molecule has 0 spiro atoms. The summed E-state index contributed by atoms with van der Waals surface area (Å²) >= 11 is 2.98. The van der Waals surface area contributed by atoms with Gasteiger partial charge in [-0.15, -0.1) is 21.5 Å². The van der Waals surface area contributed by atoms with Gasteiger partial charge in [-0.05, 0) is 61.0 Å². The number of benzene rings is 3. The van der Waals surface area contributed by atoms with Gasteiger partial charge < -0.3 is 10.1 Å². The van der Waals surface area contributed by atoms with Gasteiger partial charge in [-0.1, -0.05) is 30.0 Å². The molecule has 2 aromatic heterocycles. The number of hydrogen-bond donors (Lipinski definition) is 1. The molecule has 0 saturated heterocycles. The predicted octanol–water partition coefficient (Wildman–Crippen LogP) is 5.59. The van der Waals surface area contributed by atoms with Gasteiger partial charge in [0, 0.05) is 11.3 Å². The summed E-state index contributed by atoms with van der Waals surface area (Å²) in [7, 11) is 1.62. The zero-order valence-corrected chi connectivity index (χ0v) is 20.2. The van der Waals surface area contributed by atoms with Crippen LogP contribution in [-0.4, -0.2) is 38.5 Å². The number of hydrogen-bond acceptors (Lipinski definition) is 7. The Kier molecular flexibility index (Phi) is 6.29. The molecule has 2 heterocycles. The molecule has 170 valence electrons. The number of thiazole rings is 1. The van der Waals surface area contributed by atoms with Crippen molar-refractivity contribution < 1.29 is 9.53 Å². The van der Waals surface area contributed by atoms with Gasteiger partial charge in [0.25, 0.3) is 0 Å². The van der Waals surface area contributed by atoms with Crippen molar-refractivity contribution in [1.82, 2.24) is 19.7 Å². The lowest BCUT2D eigenvalue weighted by Gasteiger charge is -2.10. The first-order chi connectivity index (χ1) is 16.6. The Morgan fingerprint density at radius 1 is 1.12 bits per heavy atom. The number of ether oxygens (including phenoxy) is 1. The number of fused-ring (bicyclic) bond motifs is 1. The summed E-state index contributed by atoms with van der Waals surface area (Å²) in [4.78, 5) is 17.3. The van der Waals surface area contributed by atoms with Crippen LogP contribution in [-0.2, 0) is 4.79 Å². The van der Waals surface area contributed by atoms with Crippen LogP contribution in [0.25, 0.3) is 26.5 Å². The van der Waals surface area contributed by atoms with Crippen molar-refractivity contribution in [2.24, 2.45) is 0 Å². The van der Waals surface area contributed by atoms with Crippen molar-refractivity contribution in [2.75, 3.05) is 18.2 Å². The number of aryl methyl sites for hydroxylation is 1. The number of methoxy groups -OCH3 is 1. The fraction of sp³-hybridized carbons (Fsp3) is 0.120. The molecular weight excluding hydrogens is 466 g/mol. The minimum absolute atomic E-state index is 0.122. The van der Waals surface area contributed by atoms with Crippen molar-refractivity contribution in [3.05, 3.63) is 78.6 Å². The topological polar surface area (TPSA) is 81.9 Å². The van der Waals surface area contributed by atoms with E-state index in [4.69, 9.17) is 9.72 Å². The SMILES string of the molecule is COc1ccccc1-n1cnnc1SCC(=O)Nc1ccc(-c2nc3ccc(C)cc3s2)cc1. The maximum absolute atomic E-state index is 12.6. The van der Waals surface area contributed by atoms with Crippen molar-refractivity contribution >= 4 is 44.9 Å². The van der Waals surface area contributed by atoms with Gasteiger partial charge in [0.15, 0.2) is 5.16 Å². The molecule has 0 aliphatic heterocycles. The number of para-hydroxylation sites is 2. The van der Waals surface area contributed by atoms with Crippen molar-refractivity contribution in [3.8, 4) is 22.0 Å². The molecule has 0 bridgehead atoms. The zero-order valence-electron chi connectivity index (χ0n) is 18.6. The highest BCUT2D eigenvalue weighted by molar-refractivity contribution is 7.99. The summed E-state index contributed by atoms with van der Waals surface area (Å²) in [5, 5.41) is 12.7. The Hall–Kier alpha value is -3.69. The molecule has 0 atom stereocenters. The first kappa shape index (κ1) is 22.1. The van der Waals surface area contributed by atoms with E-state index >= 15 is 0 Å². The summed E-state index contributed by atoms with van der Waals surface area (Å²) < 4.78 is 8.41. The molecule has 34 heavy (non-hydrogen) atoms. The number of nitrogens with one attached hydrogen (secondary N) is 1. The number of carbonyl (C=O) groups excluding carboxylic acids is 1. The molecule has 1 amide bonds. The highest BCUT2D eigenvalue weighted by Crippen LogP contribution is 2.31. The summed E-state index contributed by atoms with van der Waals surface area (Å²) in [6.07, 6.45) is 1.61. The van der Waals surface area contributed by atoms with E-state index in [2.05, 4.69) is 34.6 Å². The van der Waals surface area contributed by atoms with E-state index in [1.807, 2.05) is 59.2 Å². The first-order valence-electron chi connectivity index (χ1n) is 10.5. The number of rotatable bonds is 7. The van der Waals surface area contributed by atoms with Gasteiger partial charge in [0.2, 0.25) is 5.91 Å². The Bertz CT molecular complexity index is 1460. The van der Waals surface area contributed by atoms with E-state index < -0.39 is 0 Å². The standard InChI is InChI=1S/C25H21N5O2S2/c1-16-7-12-19-22(13-16)34-24(28-19)17-8-10-18(11-9-17)27-23(31)14-33-25-29-26-15-30(25)20-5-3-4-6-21(20)32-2/h3-13,15H,14H2,1-2H3,(H,27,31). The third kappa shape index (κ3) is 4.66. The van der Waals surface area contributed by atoms with E-state index in [1.165, 1.54) is 22.0 Å². The second-order valence-electron chi connectivity index (χ2n) is 7.56. The largest absolute Gasteiger partial charge is 0.495 e. The molecule has 0 aliphatic carbocycles. The van der Waals surface area contributed by atoms with Gasteiger partial charge in [0.05, 0.1) is 28.8 Å². The third-order valence-electron chi connectivity index (χ3n) is 5.15. The molecule has 0 unspecified atom stereocenters. The monoisotopic (exact) mass is 487 g/mol. The van der Waals surface area contributed by atoms with Crippen molar-refractivity contribution in [1.29, 1.82) is 0 Å². The van der Waals surface area contributed by atoms with Crippen LogP contribution < -0.4 is 10.1 Å². The Balaban J connectivity index is 1.23. The second kappa shape index (κ2) is 9.66. The van der Waals surface area contributed by atoms with Crippen LogP contribution in [0, 0.1) is 6.92 Å². The summed E-state index contributed by atoms with van der Waals surface area (Å²) in [5.74, 6) is 0.784. The van der Waals surface area contributed by atoms with Gasteiger partial charge in [-0.25, -0.2) is 4.98 Å².